The highest BCUT2D eigenvalue weighted by Crippen LogP contribution is 2.18. The zero-order valence-corrected chi connectivity index (χ0v) is 13.4. The quantitative estimate of drug-likeness (QED) is 0.617. The number of ether oxygens (including phenoxy) is 1. The largest absolute Gasteiger partial charge is 0.493 e. The van der Waals surface area contributed by atoms with Crippen LogP contribution in [0.15, 0.2) is 24.3 Å². The number of quaternary nitrogens is 1. The number of carbonyl (C=O) groups excluding carboxylic acids is 1. The van der Waals surface area contributed by atoms with Crippen LogP contribution in [0.3, 0.4) is 0 Å². The standard InChI is InChI=1S/C18H27NO2/c1-15-8-7-12-19(14-15)11-5-6-13-21-18-10-4-3-9-17(18)16(2)20/h3-4,9-10,15H,5-8,11-14H2,1-2H3/p+1/t15-/m0/s1. The van der Waals surface area contributed by atoms with E-state index in [4.69, 9.17) is 4.74 Å². The molecule has 1 fully saturated rings. The number of benzene rings is 1. The summed E-state index contributed by atoms with van der Waals surface area (Å²) in [4.78, 5) is 13.3. The minimum atomic E-state index is 0.0670. The van der Waals surface area contributed by atoms with Gasteiger partial charge in [-0.05, 0) is 44.7 Å². The van der Waals surface area contributed by atoms with E-state index in [2.05, 4.69) is 6.92 Å². The van der Waals surface area contributed by atoms with Gasteiger partial charge in [0.25, 0.3) is 0 Å². The number of para-hydroxylation sites is 1. The van der Waals surface area contributed by atoms with Crippen molar-refractivity contribution in [1.29, 1.82) is 0 Å². The van der Waals surface area contributed by atoms with Crippen molar-refractivity contribution in [3.63, 3.8) is 0 Å². The molecule has 0 saturated carbocycles. The third-order valence-corrected chi connectivity index (χ3v) is 4.31. The molecule has 0 amide bonds. The first kappa shape index (κ1) is 16.0. The molecular formula is C18H28NO2+. The Labute approximate surface area is 128 Å². The minimum Gasteiger partial charge on any atom is -0.493 e. The molecule has 0 radical (unpaired) electrons. The van der Waals surface area contributed by atoms with Gasteiger partial charge in [-0.3, -0.25) is 4.79 Å². The van der Waals surface area contributed by atoms with Gasteiger partial charge >= 0.3 is 0 Å². The first-order valence-electron chi connectivity index (χ1n) is 8.23. The number of piperidine rings is 1. The molecule has 0 aromatic heterocycles. The first-order chi connectivity index (χ1) is 10.2. The molecule has 0 aliphatic carbocycles. The smallest absolute Gasteiger partial charge is 0.163 e. The number of rotatable bonds is 7. The maximum atomic E-state index is 11.5. The van der Waals surface area contributed by atoms with Crippen LogP contribution in [0.5, 0.6) is 5.75 Å². The van der Waals surface area contributed by atoms with Gasteiger partial charge in [0.1, 0.15) is 5.75 Å². The van der Waals surface area contributed by atoms with Crippen LogP contribution in [0.4, 0.5) is 0 Å². The molecule has 0 bridgehead atoms. The Hall–Kier alpha value is -1.35. The molecule has 2 rings (SSSR count). The lowest BCUT2D eigenvalue weighted by atomic mass is 10.0. The summed E-state index contributed by atoms with van der Waals surface area (Å²) in [6.07, 6.45) is 5.03. The Morgan fingerprint density at radius 1 is 1.33 bits per heavy atom. The van der Waals surface area contributed by atoms with Crippen LogP contribution in [0.25, 0.3) is 0 Å². The van der Waals surface area contributed by atoms with Gasteiger partial charge in [0, 0.05) is 5.92 Å². The minimum absolute atomic E-state index is 0.0670. The predicted octanol–water partition coefficient (Wildman–Crippen LogP) is 2.36. The summed E-state index contributed by atoms with van der Waals surface area (Å²) in [6.45, 7) is 8.56. The number of carbonyl (C=O) groups is 1. The summed E-state index contributed by atoms with van der Waals surface area (Å²) >= 11 is 0. The highest BCUT2D eigenvalue weighted by molar-refractivity contribution is 5.96. The molecule has 1 unspecified atom stereocenters. The SMILES string of the molecule is CC(=O)c1ccccc1OCCCC[NH+]1CCC[C@H](C)C1. The summed E-state index contributed by atoms with van der Waals surface area (Å²) in [5.41, 5.74) is 0.688. The average Bonchev–Trinajstić information content (AvgIpc) is 2.47. The Balaban J connectivity index is 1.67. The van der Waals surface area contributed by atoms with Crippen molar-refractivity contribution in [2.24, 2.45) is 5.92 Å². The molecule has 1 N–H and O–H groups in total. The van der Waals surface area contributed by atoms with Gasteiger partial charge in [-0.15, -0.1) is 0 Å². The Morgan fingerprint density at radius 3 is 2.90 bits per heavy atom. The molecule has 1 aromatic rings. The lowest BCUT2D eigenvalue weighted by molar-refractivity contribution is -0.908. The van der Waals surface area contributed by atoms with Crippen LogP contribution in [0, 0.1) is 5.92 Å². The zero-order valence-electron chi connectivity index (χ0n) is 13.4. The second-order valence-electron chi connectivity index (χ2n) is 6.31. The molecule has 3 nitrogen and oxygen atoms in total. The molecule has 3 heteroatoms. The Kier molecular flexibility index (Phi) is 6.24. The van der Waals surface area contributed by atoms with Gasteiger partial charge < -0.3 is 9.64 Å². The van der Waals surface area contributed by atoms with Gasteiger partial charge in [0.15, 0.2) is 5.78 Å². The number of hydrogen-bond donors (Lipinski definition) is 1. The molecular weight excluding hydrogens is 262 g/mol. The van der Waals surface area contributed by atoms with Crippen LogP contribution < -0.4 is 9.64 Å². The first-order valence-corrected chi connectivity index (χ1v) is 8.23. The monoisotopic (exact) mass is 290 g/mol. The van der Waals surface area contributed by atoms with E-state index < -0.39 is 0 Å². The molecule has 1 heterocycles. The van der Waals surface area contributed by atoms with Crippen LogP contribution in [0.1, 0.15) is 49.9 Å². The number of hydrogen-bond acceptors (Lipinski definition) is 2. The van der Waals surface area contributed by atoms with Crippen molar-refractivity contribution < 1.29 is 14.4 Å². The maximum Gasteiger partial charge on any atom is 0.163 e. The van der Waals surface area contributed by atoms with Crippen molar-refractivity contribution in [2.75, 3.05) is 26.2 Å². The maximum absolute atomic E-state index is 11.5. The molecule has 1 aliphatic heterocycles. The molecule has 21 heavy (non-hydrogen) atoms. The highest BCUT2D eigenvalue weighted by Gasteiger charge is 2.18. The molecule has 1 aromatic carbocycles. The van der Waals surface area contributed by atoms with Gasteiger partial charge in [-0.1, -0.05) is 19.1 Å². The van der Waals surface area contributed by atoms with Gasteiger partial charge in [0.2, 0.25) is 0 Å². The van der Waals surface area contributed by atoms with Crippen LogP contribution in [0.2, 0.25) is 0 Å². The fraction of sp³-hybridized carbons (Fsp3) is 0.611. The zero-order chi connectivity index (χ0) is 15.1. The van der Waals surface area contributed by atoms with E-state index in [1.165, 1.54) is 38.9 Å². The van der Waals surface area contributed by atoms with E-state index >= 15 is 0 Å². The van der Waals surface area contributed by atoms with Crippen LogP contribution in [-0.2, 0) is 0 Å². The fourth-order valence-corrected chi connectivity index (χ4v) is 3.17. The number of ketones is 1. The van der Waals surface area contributed by atoms with Crippen molar-refractivity contribution in [3.8, 4) is 5.75 Å². The number of Topliss-reactive ketones (excluding diaryl/α,β-unsaturated/α-hetero) is 1. The number of likely N-dealkylation sites (tertiary alicyclic amines) is 1. The second kappa shape index (κ2) is 8.18. The molecule has 1 aliphatic rings. The van der Waals surface area contributed by atoms with Crippen molar-refractivity contribution in [2.45, 2.75) is 39.5 Å². The summed E-state index contributed by atoms with van der Waals surface area (Å²) in [7, 11) is 0. The average molecular weight is 290 g/mol. The third-order valence-electron chi connectivity index (χ3n) is 4.31. The molecule has 2 atom stereocenters. The topological polar surface area (TPSA) is 30.7 Å². The predicted molar refractivity (Wildman–Crippen MR) is 85.1 cm³/mol. The summed E-state index contributed by atoms with van der Waals surface area (Å²) in [6, 6.07) is 7.51. The lowest BCUT2D eigenvalue weighted by Gasteiger charge is -2.27. The lowest BCUT2D eigenvalue weighted by Crippen LogP contribution is -3.13. The van der Waals surface area contributed by atoms with E-state index in [9.17, 15) is 4.79 Å². The number of unbranched alkanes of at least 4 members (excludes halogenated alkanes) is 1. The summed E-state index contributed by atoms with van der Waals surface area (Å²) in [5, 5.41) is 0. The highest BCUT2D eigenvalue weighted by atomic mass is 16.5. The molecule has 116 valence electrons. The van der Waals surface area contributed by atoms with E-state index in [1.807, 2.05) is 24.3 Å². The van der Waals surface area contributed by atoms with E-state index in [0.29, 0.717) is 12.2 Å². The van der Waals surface area contributed by atoms with Gasteiger partial charge in [0.05, 0.1) is 31.8 Å². The van der Waals surface area contributed by atoms with E-state index in [1.54, 1.807) is 11.8 Å². The Bertz CT molecular complexity index is 458. The van der Waals surface area contributed by atoms with Crippen LogP contribution >= 0.6 is 0 Å². The molecule has 1 saturated heterocycles. The molecule has 0 spiro atoms. The second-order valence-corrected chi connectivity index (χ2v) is 6.31. The summed E-state index contributed by atoms with van der Waals surface area (Å²) in [5.74, 6) is 1.67. The third kappa shape index (κ3) is 5.16. The van der Waals surface area contributed by atoms with Gasteiger partial charge in [-0.2, -0.15) is 0 Å². The van der Waals surface area contributed by atoms with Gasteiger partial charge in [-0.25, -0.2) is 0 Å². The summed E-state index contributed by atoms with van der Waals surface area (Å²) < 4.78 is 5.78. The van der Waals surface area contributed by atoms with E-state index in [0.717, 1.165) is 18.1 Å². The Morgan fingerprint density at radius 2 is 2.14 bits per heavy atom. The van der Waals surface area contributed by atoms with Crippen molar-refractivity contribution >= 4 is 5.78 Å². The number of nitrogens with one attached hydrogen (secondary N) is 1. The van der Waals surface area contributed by atoms with Crippen LogP contribution in [-0.4, -0.2) is 32.0 Å². The van der Waals surface area contributed by atoms with E-state index in [-0.39, 0.29) is 5.78 Å². The van der Waals surface area contributed by atoms with Crippen molar-refractivity contribution in [1.82, 2.24) is 0 Å². The van der Waals surface area contributed by atoms with Crippen molar-refractivity contribution in [3.05, 3.63) is 29.8 Å². The fourth-order valence-electron chi connectivity index (χ4n) is 3.17. The normalized spacial score (nSPS) is 22.0.